The van der Waals surface area contributed by atoms with Crippen LogP contribution in [-0.4, -0.2) is 11.2 Å². The first kappa shape index (κ1) is 12.4. The molecular formula is C12H17NO3. The van der Waals surface area contributed by atoms with Gasteiger partial charge in [0.25, 0.3) is 0 Å². The van der Waals surface area contributed by atoms with E-state index in [1.807, 2.05) is 20.8 Å². The molecule has 88 valence electrons. The number of carbonyl (C=O) groups excluding carboxylic acids is 1. The smallest absolute Gasteiger partial charge is 0.409 e. The highest BCUT2D eigenvalue weighted by atomic mass is 16.5. The van der Waals surface area contributed by atoms with Crippen LogP contribution in [0.3, 0.4) is 0 Å². The lowest BCUT2D eigenvalue weighted by molar-refractivity contribution is 0.210. The molecule has 1 aromatic carbocycles. The topological polar surface area (TPSA) is 72.5 Å². The number of nitrogens with two attached hydrogens (primary N) is 1. The van der Waals surface area contributed by atoms with Crippen molar-refractivity contribution in [2.75, 3.05) is 0 Å². The van der Waals surface area contributed by atoms with E-state index in [4.69, 9.17) is 10.5 Å². The van der Waals surface area contributed by atoms with Crippen LogP contribution in [0.15, 0.2) is 12.1 Å². The Kier molecular flexibility index (Phi) is 3.12. The van der Waals surface area contributed by atoms with Crippen LogP contribution < -0.4 is 10.5 Å². The minimum absolute atomic E-state index is 0.196. The van der Waals surface area contributed by atoms with Gasteiger partial charge in [0, 0.05) is 5.56 Å². The summed E-state index contributed by atoms with van der Waals surface area (Å²) in [6, 6.07) is 3.04. The summed E-state index contributed by atoms with van der Waals surface area (Å²) in [6.07, 6.45) is -0.853. The van der Waals surface area contributed by atoms with Gasteiger partial charge in [-0.25, -0.2) is 4.79 Å². The first-order chi connectivity index (χ1) is 7.23. The Morgan fingerprint density at radius 1 is 1.38 bits per heavy atom. The standard InChI is InChI=1S/C12H17NO3/c1-7-9(16-11(13)15)6-5-8(14)10(7)12(2,3)4/h5-6,14H,1-4H3,(H2,13,15). The van der Waals surface area contributed by atoms with Crippen molar-refractivity contribution in [3.05, 3.63) is 23.3 Å². The molecule has 4 nitrogen and oxygen atoms in total. The molecule has 0 spiro atoms. The normalized spacial score (nSPS) is 11.2. The molecule has 1 amide bonds. The summed E-state index contributed by atoms with van der Waals surface area (Å²) in [4.78, 5) is 10.7. The average Bonchev–Trinajstić information content (AvgIpc) is 2.07. The Morgan fingerprint density at radius 2 is 1.94 bits per heavy atom. The zero-order valence-electron chi connectivity index (χ0n) is 10.00. The van der Waals surface area contributed by atoms with Crippen LogP contribution in [0, 0.1) is 6.92 Å². The van der Waals surface area contributed by atoms with Crippen LogP contribution in [0.1, 0.15) is 31.9 Å². The fourth-order valence-electron chi connectivity index (χ4n) is 1.84. The fourth-order valence-corrected chi connectivity index (χ4v) is 1.84. The largest absolute Gasteiger partial charge is 0.508 e. The van der Waals surface area contributed by atoms with Crippen molar-refractivity contribution in [2.45, 2.75) is 33.1 Å². The zero-order chi connectivity index (χ0) is 12.5. The van der Waals surface area contributed by atoms with Gasteiger partial charge in [0.05, 0.1) is 0 Å². The molecule has 0 aromatic heterocycles. The Morgan fingerprint density at radius 3 is 2.38 bits per heavy atom. The minimum Gasteiger partial charge on any atom is -0.508 e. The number of benzene rings is 1. The Bertz CT molecular complexity index is 419. The molecule has 0 heterocycles. The summed E-state index contributed by atoms with van der Waals surface area (Å²) >= 11 is 0. The molecule has 0 radical (unpaired) electrons. The van der Waals surface area contributed by atoms with Crippen LogP contribution >= 0.6 is 0 Å². The summed E-state index contributed by atoms with van der Waals surface area (Å²) in [7, 11) is 0. The lowest BCUT2D eigenvalue weighted by Crippen LogP contribution is -2.19. The van der Waals surface area contributed by atoms with Crippen LogP contribution in [0.2, 0.25) is 0 Å². The van der Waals surface area contributed by atoms with Gasteiger partial charge in [-0.05, 0) is 30.0 Å². The fraction of sp³-hybridized carbons (Fsp3) is 0.417. The summed E-state index contributed by atoms with van der Waals surface area (Å²) in [6.45, 7) is 7.72. The number of phenols is 1. The number of amides is 1. The average molecular weight is 223 g/mol. The van der Waals surface area contributed by atoms with Gasteiger partial charge in [0.1, 0.15) is 11.5 Å². The highest BCUT2D eigenvalue weighted by Gasteiger charge is 2.23. The van der Waals surface area contributed by atoms with Gasteiger partial charge in [0.15, 0.2) is 0 Å². The van der Waals surface area contributed by atoms with Gasteiger partial charge < -0.3 is 15.6 Å². The zero-order valence-corrected chi connectivity index (χ0v) is 10.00. The molecule has 0 saturated carbocycles. The van der Waals surface area contributed by atoms with E-state index in [1.54, 1.807) is 6.92 Å². The number of hydrogen-bond donors (Lipinski definition) is 2. The number of hydrogen-bond acceptors (Lipinski definition) is 3. The second kappa shape index (κ2) is 4.04. The first-order valence-corrected chi connectivity index (χ1v) is 5.04. The van der Waals surface area contributed by atoms with Crippen molar-refractivity contribution >= 4 is 6.09 Å². The van der Waals surface area contributed by atoms with Crippen molar-refractivity contribution in [3.63, 3.8) is 0 Å². The minimum atomic E-state index is -0.853. The maximum absolute atomic E-state index is 10.7. The predicted molar refractivity (Wildman–Crippen MR) is 61.8 cm³/mol. The van der Waals surface area contributed by atoms with Gasteiger partial charge >= 0.3 is 6.09 Å². The molecular weight excluding hydrogens is 206 g/mol. The Balaban J connectivity index is 3.33. The first-order valence-electron chi connectivity index (χ1n) is 5.04. The summed E-state index contributed by atoms with van der Waals surface area (Å²) in [5.74, 6) is 0.581. The molecule has 3 N–H and O–H groups in total. The van der Waals surface area contributed by atoms with E-state index in [1.165, 1.54) is 12.1 Å². The Labute approximate surface area is 95.0 Å². The number of primary amides is 1. The quantitative estimate of drug-likeness (QED) is 0.768. The maximum atomic E-state index is 10.7. The van der Waals surface area contributed by atoms with E-state index in [0.29, 0.717) is 5.75 Å². The molecule has 0 bridgehead atoms. The lowest BCUT2D eigenvalue weighted by Gasteiger charge is -2.24. The van der Waals surface area contributed by atoms with Crippen LogP contribution in [0.5, 0.6) is 11.5 Å². The number of phenolic OH excluding ortho intramolecular Hbond substituents is 1. The summed E-state index contributed by atoms with van der Waals surface area (Å²) in [5.41, 5.74) is 6.22. The van der Waals surface area contributed by atoms with E-state index in [2.05, 4.69) is 0 Å². The highest BCUT2D eigenvalue weighted by molar-refractivity contribution is 5.69. The van der Waals surface area contributed by atoms with E-state index < -0.39 is 6.09 Å². The lowest BCUT2D eigenvalue weighted by atomic mass is 9.83. The van der Waals surface area contributed by atoms with Crippen molar-refractivity contribution < 1.29 is 14.6 Å². The van der Waals surface area contributed by atoms with Crippen LogP contribution in [0.4, 0.5) is 4.79 Å². The molecule has 0 aliphatic heterocycles. The molecule has 0 aliphatic carbocycles. The number of ether oxygens (including phenoxy) is 1. The van der Waals surface area contributed by atoms with Gasteiger partial charge in [0.2, 0.25) is 0 Å². The van der Waals surface area contributed by atoms with Crippen molar-refractivity contribution in [1.29, 1.82) is 0 Å². The molecule has 16 heavy (non-hydrogen) atoms. The van der Waals surface area contributed by atoms with Crippen molar-refractivity contribution in [2.24, 2.45) is 5.73 Å². The van der Waals surface area contributed by atoms with Gasteiger partial charge in [-0.3, -0.25) is 0 Å². The summed E-state index contributed by atoms with van der Waals surface area (Å²) in [5, 5.41) is 9.81. The van der Waals surface area contributed by atoms with Crippen molar-refractivity contribution in [3.8, 4) is 11.5 Å². The second-order valence-electron chi connectivity index (χ2n) is 4.75. The predicted octanol–water partition coefficient (Wildman–Crippen LogP) is 2.46. The van der Waals surface area contributed by atoms with E-state index in [9.17, 15) is 9.90 Å². The third-order valence-corrected chi connectivity index (χ3v) is 2.35. The molecule has 1 rings (SSSR count). The molecule has 0 aliphatic rings. The van der Waals surface area contributed by atoms with Gasteiger partial charge in [-0.15, -0.1) is 0 Å². The monoisotopic (exact) mass is 223 g/mol. The van der Waals surface area contributed by atoms with Gasteiger partial charge in [-0.1, -0.05) is 20.8 Å². The van der Waals surface area contributed by atoms with E-state index in [0.717, 1.165) is 11.1 Å². The van der Waals surface area contributed by atoms with E-state index >= 15 is 0 Å². The molecule has 0 atom stereocenters. The second-order valence-corrected chi connectivity index (χ2v) is 4.75. The van der Waals surface area contributed by atoms with Crippen LogP contribution in [0.25, 0.3) is 0 Å². The number of carbonyl (C=O) groups is 1. The summed E-state index contributed by atoms with van der Waals surface area (Å²) < 4.78 is 4.86. The van der Waals surface area contributed by atoms with Crippen molar-refractivity contribution in [1.82, 2.24) is 0 Å². The molecule has 0 fully saturated rings. The number of rotatable bonds is 1. The maximum Gasteiger partial charge on any atom is 0.409 e. The highest BCUT2D eigenvalue weighted by Crippen LogP contribution is 2.37. The third-order valence-electron chi connectivity index (χ3n) is 2.35. The molecule has 0 unspecified atom stereocenters. The third kappa shape index (κ3) is 2.45. The number of aromatic hydroxyl groups is 1. The van der Waals surface area contributed by atoms with Gasteiger partial charge in [-0.2, -0.15) is 0 Å². The SMILES string of the molecule is Cc1c(OC(N)=O)ccc(O)c1C(C)(C)C. The molecule has 0 saturated heterocycles. The van der Waals surface area contributed by atoms with E-state index in [-0.39, 0.29) is 11.2 Å². The Hall–Kier alpha value is -1.71. The molecule has 1 aromatic rings. The molecule has 4 heteroatoms. The van der Waals surface area contributed by atoms with Crippen LogP contribution in [-0.2, 0) is 5.41 Å².